The van der Waals surface area contributed by atoms with Crippen molar-refractivity contribution in [2.75, 3.05) is 13.1 Å². The van der Waals surface area contributed by atoms with Gasteiger partial charge in [-0.05, 0) is 39.7 Å². The van der Waals surface area contributed by atoms with Crippen molar-refractivity contribution in [2.24, 2.45) is 12.5 Å². The lowest BCUT2D eigenvalue weighted by Crippen LogP contribution is -2.47. The van der Waals surface area contributed by atoms with Gasteiger partial charge in [0.25, 0.3) is 0 Å². The number of hydrogen-bond acceptors (Lipinski definition) is 3. The summed E-state index contributed by atoms with van der Waals surface area (Å²) in [5.74, 6) is -0.631. The normalized spacial score (nSPS) is 23.4. The second-order valence-electron chi connectivity index (χ2n) is 6.42. The van der Waals surface area contributed by atoms with Crippen LogP contribution in [-0.2, 0) is 18.4 Å². The Labute approximate surface area is 126 Å². The Hall–Kier alpha value is -1.36. The summed E-state index contributed by atoms with van der Waals surface area (Å²) >= 11 is 0. The number of hydrogen-bond donors (Lipinski definition) is 1. The lowest BCUT2D eigenvalue weighted by atomic mass is 9.76. The number of carboxylic acid groups (broad SMARTS) is 1. The van der Waals surface area contributed by atoms with Crippen molar-refractivity contribution in [1.29, 1.82) is 0 Å². The highest BCUT2D eigenvalue weighted by Gasteiger charge is 2.41. The van der Waals surface area contributed by atoms with E-state index in [1.807, 2.05) is 18.7 Å². The van der Waals surface area contributed by atoms with E-state index in [9.17, 15) is 9.90 Å². The third-order valence-electron chi connectivity index (χ3n) is 4.88. The standard InChI is InChI=1S/C16H27N3O2/c1-5-7-16(15(20)21)8-6-9-19(11-16)10-14-12(2)17-18(4)13(14)3/h5-11H2,1-4H3,(H,20,21). The molecule has 0 aromatic carbocycles. The van der Waals surface area contributed by atoms with Gasteiger partial charge in [0.2, 0.25) is 0 Å². The summed E-state index contributed by atoms with van der Waals surface area (Å²) in [6, 6.07) is 0. The van der Waals surface area contributed by atoms with Crippen LogP contribution >= 0.6 is 0 Å². The Kier molecular flexibility index (Phi) is 4.71. The molecule has 1 aromatic heterocycles. The number of nitrogens with zero attached hydrogens (tertiary/aromatic N) is 3. The van der Waals surface area contributed by atoms with Gasteiger partial charge in [0.05, 0.1) is 11.1 Å². The summed E-state index contributed by atoms with van der Waals surface area (Å²) < 4.78 is 1.91. The molecule has 0 radical (unpaired) electrons. The van der Waals surface area contributed by atoms with Crippen LogP contribution in [0, 0.1) is 19.3 Å². The van der Waals surface area contributed by atoms with Crippen LogP contribution in [0.4, 0.5) is 0 Å². The monoisotopic (exact) mass is 293 g/mol. The first-order valence-electron chi connectivity index (χ1n) is 7.84. The molecule has 118 valence electrons. The van der Waals surface area contributed by atoms with Gasteiger partial charge in [-0.25, -0.2) is 0 Å². The zero-order valence-corrected chi connectivity index (χ0v) is 13.6. The quantitative estimate of drug-likeness (QED) is 0.906. The molecule has 0 spiro atoms. The van der Waals surface area contributed by atoms with Gasteiger partial charge in [0.1, 0.15) is 0 Å². The van der Waals surface area contributed by atoms with E-state index in [1.54, 1.807) is 0 Å². The molecule has 0 aliphatic carbocycles. The Morgan fingerprint density at radius 2 is 2.14 bits per heavy atom. The van der Waals surface area contributed by atoms with Crippen LogP contribution in [0.2, 0.25) is 0 Å². The zero-order chi connectivity index (χ0) is 15.6. The lowest BCUT2D eigenvalue weighted by Gasteiger charge is -2.40. The second-order valence-corrected chi connectivity index (χ2v) is 6.42. The van der Waals surface area contributed by atoms with Crippen molar-refractivity contribution < 1.29 is 9.90 Å². The van der Waals surface area contributed by atoms with Crippen LogP contribution in [0.3, 0.4) is 0 Å². The summed E-state index contributed by atoms with van der Waals surface area (Å²) in [6.45, 7) is 8.62. The molecule has 1 atom stereocenters. The van der Waals surface area contributed by atoms with Crippen LogP contribution in [0.25, 0.3) is 0 Å². The fraction of sp³-hybridized carbons (Fsp3) is 0.750. The van der Waals surface area contributed by atoms with Crippen molar-refractivity contribution in [3.05, 3.63) is 17.0 Å². The van der Waals surface area contributed by atoms with E-state index in [0.29, 0.717) is 6.54 Å². The maximum atomic E-state index is 11.8. The first kappa shape index (κ1) is 16.0. The number of aromatic nitrogens is 2. The van der Waals surface area contributed by atoms with E-state index >= 15 is 0 Å². The third-order valence-corrected chi connectivity index (χ3v) is 4.88. The highest BCUT2D eigenvalue weighted by atomic mass is 16.4. The fourth-order valence-electron chi connectivity index (χ4n) is 3.60. The largest absolute Gasteiger partial charge is 0.481 e. The molecule has 5 nitrogen and oxygen atoms in total. The third kappa shape index (κ3) is 3.12. The van der Waals surface area contributed by atoms with Gasteiger partial charge < -0.3 is 5.11 Å². The van der Waals surface area contributed by atoms with Crippen molar-refractivity contribution in [1.82, 2.24) is 14.7 Å². The fourth-order valence-corrected chi connectivity index (χ4v) is 3.60. The molecule has 1 fully saturated rings. The average molecular weight is 293 g/mol. The molecular weight excluding hydrogens is 266 g/mol. The molecule has 0 bridgehead atoms. The van der Waals surface area contributed by atoms with E-state index in [-0.39, 0.29) is 0 Å². The van der Waals surface area contributed by atoms with Gasteiger partial charge in [-0.1, -0.05) is 13.3 Å². The summed E-state index contributed by atoms with van der Waals surface area (Å²) in [4.78, 5) is 14.1. The molecule has 1 aliphatic heterocycles. The number of piperidine rings is 1. The van der Waals surface area contributed by atoms with Crippen molar-refractivity contribution in [2.45, 2.75) is 53.0 Å². The van der Waals surface area contributed by atoms with Crippen molar-refractivity contribution >= 4 is 5.97 Å². The summed E-state index contributed by atoms with van der Waals surface area (Å²) in [5, 5.41) is 14.1. The van der Waals surface area contributed by atoms with Crippen LogP contribution in [-0.4, -0.2) is 38.8 Å². The van der Waals surface area contributed by atoms with Gasteiger partial charge in [0.15, 0.2) is 0 Å². The first-order chi connectivity index (χ1) is 9.89. The maximum absolute atomic E-state index is 11.8. The van der Waals surface area contributed by atoms with E-state index in [4.69, 9.17) is 0 Å². The molecule has 1 N–H and O–H groups in total. The van der Waals surface area contributed by atoms with Crippen molar-refractivity contribution in [3.63, 3.8) is 0 Å². The second kappa shape index (κ2) is 6.18. The molecule has 0 saturated carbocycles. The number of aryl methyl sites for hydroxylation is 2. The molecule has 21 heavy (non-hydrogen) atoms. The molecule has 1 aliphatic rings. The van der Waals surface area contributed by atoms with E-state index in [0.717, 1.165) is 44.5 Å². The van der Waals surface area contributed by atoms with Gasteiger partial charge in [-0.15, -0.1) is 0 Å². The molecule has 1 saturated heterocycles. The Morgan fingerprint density at radius 1 is 1.43 bits per heavy atom. The maximum Gasteiger partial charge on any atom is 0.310 e. The number of likely N-dealkylation sites (tertiary alicyclic amines) is 1. The zero-order valence-electron chi connectivity index (χ0n) is 13.6. The van der Waals surface area contributed by atoms with E-state index < -0.39 is 11.4 Å². The highest BCUT2D eigenvalue weighted by molar-refractivity contribution is 5.75. The van der Waals surface area contributed by atoms with E-state index in [1.165, 1.54) is 11.3 Å². The molecule has 1 aromatic rings. The number of carbonyl (C=O) groups is 1. The number of carboxylic acids is 1. The van der Waals surface area contributed by atoms with Crippen LogP contribution in [0.1, 0.15) is 49.6 Å². The average Bonchev–Trinajstić information content (AvgIpc) is 2.66. The number of rotatable bonds is 5. The van der Waals surface area contributed by atoms with Crippen molar-refractivity contribution in [3.8, 4) is 0 Å². The Morgan fingerprint density at radius 3 is 2.67 bits per heavy atom. The summed E-state index contributed by atoms with van der Waals surface area (Å²) in [7, 11) is 1.96. The minimum Gasteiger partial charge on any atom is -0.481 e. The van der Waals surface area contributed by atoms with Crippen LogP contribution in [0.5, 0.6) is 0 Å². The smallest absolute Gasteiger partial charge is 0.310 e. The first-order valence-corrected chi connectivity index (χ1v) is 7.84. The molecule has 2 heterocycles. The summed E-state index contributed by atoms with van der Waals surface area (Å²) in [6.07, 6.45) is 3.46. The topological polar surface area (TPSA) is 58.4 Å². The van der Waals surface area contributed by atoms with E-state index in [2.05, 4.69) is 23.8 Å². The predicted molar refractivity (Wildman–Crippen MR) is 82.2 cm³/mol. The number of aliphatic carboxylic acids is 1. The molecule has 5 heteroatoms. The minimum absolute atomic E-state index is 0.559. The SMILES string of the molecule is CCCC1(C(=O)O)CCCN(Cc2c(C)nn(C)c2C)C1. The Bertz CT molecular complexity index is 520. The van der Waals surface area contributed by atoms with Gasteiger partial charge >= 0.3 is 5.97 Å². The van der Waals surface area contributed by atoms with Crippen LogP contribution < -0.4 is 0 Å². The minimum atomic E-state index is -0.631. The Balaban J connectivity index is 2.16. The predicted octanol–water partition coefficient (Wildman–Crippen LogP) is 2.50. The molecule has 2 rings (SSSR count). The van der Waals surface area contributed by atoms with Crippen LogP contribution in [0.15, 0.2) is 0 Å². The highest BCUT2D eigenvalue weighted by Crippen LogP contribution is 2.35. The lowest BCUT2D eigenvalue weighted by molar-refractivity contribution is -0.153. The summed E-state index contributed by atoms with van der Waals surface area (Å²) in [5.41, 5.74) is 2.92. The molecular formula is C16H27N3O2. The van der Waals surface area contributed by atoms with Gasteiger partial charge in [0, 0.05) is 31.4 Å². The van der Waals surface area contributed by atoms with Gasteiger partial charge in [-0.3, -0.25) is 14.4 Å². The molecule has 0 amide bonds. The molecule has 1 unspecified atom stereocenters. The van der Waals surface area contributed by atoms with Gasteiger partial charge in [-0.2, -0.15) is 5.10 Å².